The summed E-state index contributed by atoms with van der Waals surface area (Å²) in [6, 6.07) is 39.5. The van der Waals surface area contributed by atoms with Gasteiger partial charge in [0, 0.05) is 37.2 Å². The van der Waals surface area contributed by atoms with Crippen molar-refractivity contribution < 1.29 is 0 Å². The zero-order valence-corrected chi connectivity index (χ0v) is 26.1. The van der Waals surface area contributed by atoms with Crippen molar-refractivity contribution in [2.24, 2.45) is 11.8 Å². The Morgan fingerprint density at radius 1 is 0.489 bits per heavy atom. The highest BCUT2D eigenvalue weighted by Gasteiger charge is 2.37. The lowest BCUT2D eigenvalue weighted by Gasteiger charge is -2.40. The van der Waals surface area contributed by atoms with Crippen LogP contribution in [0.3, 0.4) is 0 Å². The SMILES string of the molecule is c1ccc(-c2nc(-c3cccc(-c4ccc5sc6cc7ccccc7cc6c5c4)c3)nc(C3CCCC4CCCCC43)n2)cc1. The van der Waals surface area contributed by atoms with Crippen LogP contribution in [-0.2, 0) is 0 Å². The first-order valence-electron chi connectivity index (χ1n) is 16.5. The van der Waals surface area contributed by atoms with Gasteiger partial charge in [-0.2, -0.15) is 0 Å². The molecule has 45 heavy (non-hydrogen) atoms. The summed E-state index contributed by atoms with van der Waals surface area (Å²) in [5.41, 5.74) is 4.50. The average molecular weight is 602 g/mol. The fraction of sp³-hybridized carbons (Fsp3) is 0.244. The van der Waals surface area contributed by atoms with E-state index in [9.17, 15) is 0 Å². The van der Waals surface area contributed by atoms with E-state index in [0.717, 1.165) is 34.5 Å². The maximum atomic E-state index is 5.27. The highest BCUT2D eigenvalue weighted by atomic mass is 32.1. The Morgan fingerprint density at radius 3 is 2.07 bits per heavy atom. The molecule has 220 valence electrons. The molecule has 9 rings (SSSR count). The topological polar surface area (TPSA) is 38.7 Å². The molecule has 2 saturated carbocycles. The van der Waals surface area contributed by atoms with E-state index in [1.54, 1.807) is 0 Å². The van der Waals surface area contributed by atoms with Gasteiger partial charge in [0.2, 0.25) is 0 Å². The van der Waals surface area contributed by atoms with Crippen LogP contribution in [0.25, 0.3) is 64.8 Å². The van der Waals surface area contributed by atoms with Crippen LogP contribution in [-0.4, -0.2) is 15.0 Å². The van der Waals surface area contributed by atoms with Gasteiger partial charge in [-0.15, -0.1) is 11.3 Å². The van der Waals surface area contributed by atoms with E-state index < -0.39 is 0 Å². The molecule has 4 heteroatoms. The Bertz CT molecular complexity index is 2180. The molecule has 3 unspecified atom stereocenters. The minimum Gasteiger partial charge on any atom is -0.213 e. The van der Waals surface area contributed by atoms with Crippen molar-refractivity contribution in [3.8, 4) is 33.9 Å². The Balaban J connectivity index is 1.14. The highest BCUT2D eigenvalue weighted by molar-refractivity contribution is 7.25. The number of nitrogens with zero attached hydrogens (tertiary/aromatic N) is 3. The first-order chi connectivity index (χ1) is 22.3. The molecule has 2 aromatic heterocycles. The molecule has 0 spiro atoms. The Kier molecular flexibility index (Phi) is 6.70. The van der Waals surface area contributed by atoms with Crippen LogP contribution in [0, 0.1) is 11.8 Å². The van der Waals surface area contributed by atoms with Gasteiger partial charge in [-0.25, -0.2) is 15.0 Å². The van der Waals surface area contributed by atoms with Gasteiger partial charge in [-0.1, -0.05) is 111 Å². The molecule has 0 N–H and O–H groups in total. The molecule has 5 aromatic carbocycles. The third-order valence-electron chi connectivity index (χ3n) is 10.4. The summed E-state index contributed by atoms with van der Waals surface area (Å²) in [5, 5.41) is 5.23. The first-order valence-corrected chi connectivity index (χ1v) is 17.4. The van der Waals surface area contributed by atoms with Crippen molar-refractivity contribution in [1.82, 2.24) is 15.0 Å². The molecule has 2 aliphatic carbocycles. The van der Waals surface area contributed by atoms with Gasteiger partial charge in [0.05, 0.1) is 0 Å². The van der Waals surface area contributed by atoms with Crippen LogP contribution in [0.5, 0.6) is 0 Å². The van der Waals surface area contributed by atoms with Crippen LogP contribution in [0.2, 0.25) is 0 Å². The van der Waals surface area contributed by atoms with Gasteiger partial charge in [0.25, 0.3) is 0 Å². The zero-order valence-electron chi connectivity index (χ0n) is 25.3. The van der Waals surface area contributed by atoms with E-state index in [1.165, 1.54) is 87.0 Å². The van der Waals surface area contributed by atoms with Crippen LogP contribution in [0.1, 0.15) is 56.7 Å². The van der Waals surface area contributed by atoms with Gasteiger partial charge in [-0.3, -0.25) is 0 Å². The first kappa shape index (κ1) is 26.9. The Hall–Kier alpha value is -4.41. The molecular formula is C41H35N3S. The molecular weight excluding hydrogens is 567 g/mol. The molecule has 2 fully saturated rings. The Labute approximate surface area is 268 Å². The summed E-state index contributed by atoms with van der Waals surface area (Å²) in [7, 11) is 0. The van der Waals surface area contributed by atoms with Crippen molar-refractivity contribution in [1.29, 1.82) is 0 Å². The Morgan fingerprint density at radius 2 is 1.18 bits per heavy atom. The summed E-state index contributed by atoms with van der Waals surface area (Å²) < 4.78 is 2.66. The summed E-state index contributed by atoms with van der Waals surface area (Å²) in [6.07, 6.45) is 9.22. The monoisotopic (exact) mass is 601 g/mol. The lowest BCUT2D eigenvalue weighted by atomic mass is 9.65. The third kappa shape index (κ3) is 4.92. The third-order valence-corrected chi connectivity index (χ3v) is 11.5. The number of benzene rings is 5. The lowest BCUT2D eigenvalue weighted by Crippen LogP contribution is -2.31. The number of fused-ring (bicyclic) bond motifs is 5. The largest absolute Gasteiger partial charge is 0.213 e. The van der Waals surface area contributed by atoms with Crippen molar-refractivity contribution in [2.45, 2.75) is 50.9 Å². The molecule has 0 saturated heterocycles. The standard InChI is InChI=1S/C41H35N3S/c1-2-11-27(12-3-1)39-42-40(44-41(43-39)34-19-9-15-26-10-6-7-18-33(26)34)32-17-8-16-28(22-32)31-20-21-37-35(24-31)36-23-29-13-4-5-14-30(29)25-38(36)45-37/h1-5,8,11-14,16-17,20-26,33-34H,6-7,9-10,15,18-19H2. The second-order valence-corrected chi connectivity index (χ2v) is 14.1. The molecule has 0 radical (unpaired) electrons. The van der Waals surface area contributed by atoms with Gasteiger partial charge in [0.1, 0.15) is 5.82 Å². The van der Waals surface area contributed by atoms with Gasteiger partial charge in [0.15, 0.2) is 11.6 Å². The minimum atomic E-state index is 0.418. The predicted molar refractivity (Wildman–Crippen MR) is 189 cm³/mol. The summed E-state index contributed by atoms with van der Waals surface area (Å²) in [4.78, 5) is 15.6. The minimum absolute atomic E-state index is 0.418. The van der Waals surface area contributed by atoms with Crippen LogP contribution in [0.4, 0.5) is 0 Å². The normalized spacial score (nSPS) is 20.0. The fourth-order valence-electron chi connectivity index (χ4n) is 8.14. The van der Waals surface area contributed by atoms with Gasteiger partial charge in [-0.05, 0) is 76.9 Å². The van der Waals surface area contributed by atoms with Crippen molar-refractivity contribution >= 4 is 42.3 Å². The molecule has 0 bridgehead atoms. The molecule has 2 aliphatic rings. The number of rotatable bonds is 4. The average Bonchev–Trinajstić information content (AvgIpc) is 3.47. The summed E-state index contributed by atoms with van der Waals surface area (Å²) in [5.74, 6) is 4.51. The van der Waals surface area contributed by atoms with E-state index in [-0.39, 0.29) is 0 Å². The quantitative estimate of drug-likeness (QED) is 0.201. The van der Waals surface area contributed by atoms with E-state index in [0.29, 0.717) is 11.8 Å². The molecule has 2 heterocycles. The summed E-state index contributed by atoms with van der Waals surface area (Å²) in [6.45, 7) is 0. The van der Waals surface area contributed by atoms with E-state index in [4.69, 9.17) is 15.0 Å². The van der Waals surface area contributed by atoms with E-state index >= 15 is 0 Å². The fourth-order valence-corrected chi connectivity index (χ4v) is 9.26. The van der Waals surface area contributed by atoms with Crippen LogP contribution in [0.15, 0.2) is 109 Å². The molecule has 3 atom stereocenters. The zero-order chi connectivity index (χ0) is 29.7. The number of hydrogen-bond donors (Lipinski definition) is 0. The van der Waals surface area contributed by atoms with E-state index in [1.807, 2.05) is 11.3 Å². The molecule has 0 aliphatic heterocycles. The number of aromatic nitrogens is 3. The number of hydrogen-bond acceptors (Lipinski definition) is 4. The molecule has 7 aromatic rings. The number of thiophene rings is 1. The maximum Gasteiger partial charge on any atom is 0.163 e. The van der Waals surface area contributed by atoms with Crippen LogP contribution >= 0.6 is 11.3 Å². The summed E-state index contributed by atoms with van der Waals surface area (Å²) >= 11 is 1.88. The smallest absolute Gasteiger partial charge is 0.163 e. The second kappa shape index (κ2) is 11.2. The van der Waals surface area contributed by atoms with E-state index in [2.05, 4.69) is 109 Å². The highest BCUT2D eigenvalue weighted by Crippen LogP contribution is 2.48. The second-order valence-electron chi connectivity index (χ2n) is 13.0. The van der Waals surface area contributed by atoms with Gasteiger partial charge >= 0.3 is 0 Å². The van der Waals surface area contributed by atoms with Crippen molar-refractivity contribution in [3.05, 3.63) is 115 Å². The lowest BCUT2D eigenvalue weighted by molar-refractivity contribution is 0.140. The molecule has 0 amide bonds. The maximum absolute atomic E-state index is 5.27. The van der Waals surface area contributed by atoms with Crippen LogP contribution < -0.4 is 0 Å². The van der Waals surface area contributed by atoms with Crippen molar-refractivity contribution in [3.63, 3.8) is 0 Å². The predicted octanol–water partition coefficient (Wildman–Crippen LogP) is 11.5. The van der Waals surface area contributed by atoms with Crippen molar-refractivity contribution in [2.75, 3.05) is 0 Å². The molecule has 3 nitrogen and oxygen atoms in total. The van der Waals surface area contributed by atoms with Gasteiger partial charge < -0.3 is 0 Å².